The van der Waals surface area contributed by atoms with Gasteiger partial charge in [-0.2, -0.15) is 0 Å². The molecule has 6 heteroatoms. The van der Waals surface area contributed by atoms with E-state index in [9.17, 15) is 9.18 Å². The van der Waals surface area contributed by atoms with Crippen LogP contribution in [0.3, 0.4) is 0 Å². The van der Waals surface area contributed by atoms with Crippen LogP contribution in [0.2, 0.25) is 0 Å². The SMILES string of the molecule is O=C(COc1ccc(F)cc1CO)Nc1ccccc1Br. The molecule has 0 atom stereocenters. The summed E-state index contributed by atoms with van der Waals surface area (Å²) in [5, 5.41) is 11.8. The number of aliphatic hydroxyl groups is 1. The normalized spacial score (nSPS) is 10.2. The van der Waals surface area contributed by atoms with Crippen molar-refractivity contribution in [3.63, 3.8) is 0 Å². The molecular weight excluding hydrogens is 341 g/mol. The highest BCUT2D eigenvalue weighted by Crippen LogP contribution is 2.22. The molecule has 2 N–H and O–H groups in total. The number of aliphatic hydroxyl groups excluding tert-OH is 1. The third kappa shape index (κ3) is 4.27. The van der Waals surface area contributed by atoms with Crippen molar-refractivity contribution in [2.75, 3.05) is 11.9 Å². The lowest BCUT2D eigenvalue weighted by molar-refractivity contribution is -0.118. The molecule has 1 amide bonds. The summed E-state index contributed by atoms with van der Waals surface area (Å²) in [5.74, 6) is -0.541. The van der Waals surface area contributed by atoms with Gasteiger partial charge >= 0.3 is 0 Å². The van der Waals surface area contributed by atoms with E-state index >= 15 is 0 Å². The number of amides is 1. The van der Waals surface area contributed by atoms with Crippen LogP contribution < -0.4 is 10.1 Å². The van der Waals surface area contributed by atoms with Crippen molar-refractivity contribution in [2.24, 2.45) is 0 Å². The molecule has 0 aliphatic carbocycles. The standard InChI is InChI=1S/C15H13BrFNO3/c16-12-3-1-2-4-13(12)18-15(20)9-21-14-6-5-11(17)7-10(14)8-19/h1-7,19H,8-9H2,(H,18,20). The van der Waals surface area contributed by atoms with Crippen molar-refractivity contribution >= 4 is 27.5 Å². The number of anilines is 1. The van der Waals surface area contributed by atoms with Crippen molar-refractivity contribution in [3.05, 3.63) is 58.3 Å². The summed E-state index contributed by atoms with van der Waals surface area (Å²) in [5.41, 5.74) is 0.927. The zero-order valence-electron chi connectivity index (χ0n) is 11.0. The van der Waals surface area contributed by atoms with E-state index in [1.165, 1.54) is 18.2 Å². The van der Waals surface area contributed by atoms with Gasteiger partial charge in [0.2, 0.25) is 0 Å². The van der Waals surface area contributed by atoms with Crippen LogP contribution in [0.5, 0.6) is 5.75 Å². The van der Waals surface area contributed by atoms with E-state index in [1.54, 1.807) is 18.2 Å². The van der Waals surface area contributed by atoms with Crippen LogP contribution >= 0.6 is 15.9 Å². The zero-order valence-corrected chi connectivity index (χ0v) is 12.6. The molecule has 0 unspecified atom stereocenters. The average Bonchev–Trinajstić information content (AvgIpc) is 2.48. The monoisotopic (exact) mass is 353 g/mol. The van der Waals surface area contributed by atoms with E-state index < -0.39 is 5.82 Å². The molecule has 0 saturated carbocycles. The largest absolute Gasteiger partial charge is 0.483 e. The average molecular weight is 354 g/mol. The first kappa shape index (κ1) is 15.5. The number of halogens is 2. The van der Waals surface area contributed by atoms with Crippen LogP contribution in [0, 0.1) is 5.82 Å². The summed E-state index contributed by atoms with van der Waals surface area (Å²) in [6.07, 6.45) is 0. The van der Waals surface area contributed by atoms with Crippen LogP contribution in [-0.4, -0.2) is 17.6 Å². The number of hydrogen-bond donors (Lipinski definition) is 2. The number of carbonyl (C=O) groups excluding carboxylic acids is 1. The Morgan fingerprint density at radius 3 is 2.76 bits per heavy atom. The highest BCUT2D eigenvalue weighted by atomic mass is 79.9. The van der Waals surface area contributed by atoms with E-state index in [-0.39, 0.29) is 24.9 Å². The van der Waals surface area contributed by atoms with Gasteiger partial charge in [0, 0.05) is 10.0 Å². The van der Waals surface area contributed by atoms with Gasteiger partial charge in [0.05, 0.1) is 12.3 Å². The number of hydrogen-bond acceptors (Lipinski definition) is 3. The second kappa shape index (κ2) is 7.19. The van der Waals surface area contributed by atoms with E-state index in [4.69, 9.17) is 9.84 Å². The molecule has 0 saturated heterocycles. The van der Waals surface area contributed by atoms with E-state index in [1.807, 2.05) is 6.07 Å². The van der Waals surface area contributed by atoms with Gasteiger partial charge in [-0.15, -0.1) is 0 Å². The van der Waals surface area contributed by atoms with Crippen LogP contribution in [0.15, 0.2) is 46.9 Å². The van der Waals surface area contributed by atoms with Gasteiger partial charge in [-0.05, 0) is 46.3 Å². The van der Waals surface area contributed by atoms with Crippen molar-refractivity contribution in [1.29, 1.82) is 0 Å². The van der Waals surface area contributed by atoms with E-state index in [2.05, 4.69) is 21.2 Å². The highest BCUT2D eigenvalue weighted by molar-refractivity contribution is 9.10. The number of benzene rings is 2. The molecule has 110 valence electrons. The molecule has 4 nitrogen and oxygen atoms in total. The molecule has 0 aliphatic heterocycles. The smallest absolute Gasteiger partial charge is 0.262 e. The fourth-order valence-electron chi connectivity index (χ4n) is 1.70. The maximum Gasteiger partial charge on any atom is 0.262 e. The fraction of sp³-hybridized carbons (Fsp3) is 0.133. The third-order valence-corrected chi connectivity index (χ3v) is 3.39. The van der Waals surface area contributed by atoms with Gasteiger partial charge in [0.25, 0.3) is 5.91 Å². The molecule has 0 heterocycles. The minimum atomic E-state index is -0.468. The quantitative estimate of drug-likeness (QED) is 0.868. The Morgan fingerprint density at radius 2 is 2.05 bits per heavy atom. The number of para-hydroxylation sites is 1. The molecule has 0 aliphatic rings. The molecule has 0 fully saturated rings. The maximum atomic E-state index is 13.0. The Bertz CT molecular complexity index is 649. The summed E-state index contributed by atoms with van der Waals surface area (Å²) in [4.78, 5) is 11.8. The van der Waals surface area contributed by atoms with Crippen molar-refractivity contribution in [1.82, 2.24) is 0 Å². The molecule has 0 radical (unpaired) electrons. The second-order valence-electron chi connectivity index (χ2n) is 4.23. The van der Waals surface area contributed by atoms with Crippen molar-refractivity contribution in [3.8, 4) is 5.75 Å². The number of carbonyl (C=O) groups is 1. The van der Waals surface area contributed by atoms with E-state index in [0.717, 1.165) is 4.47 Å². The minimum absolute atomic E-state index is 0.236. The van der Waals surface area contributed by atoms with Gasteiger partial charge in [-0.3, -0.25) is 4.79 Å². The topological polar surface area (TPSA) is 58.6 Å². The summed E-state index contributed by atoms with van der Waals surface area (Å²) in [7, 11) is 0. The first-order valence-corrected chi connectivity index (χ1v) is 6.96. The Balaban J connectivity index is 1.97. The summed E-state index contributed by atoms with van der Waals surface area (Å²) in [6, 6.07) is 10.9. The van der Waals surface area contributed by atoms with Gasteiger partial charge < -0.3 is 15.2 Å². The lowest BCUT2D eigenvalue weighted by Crippen LogP contribution is -2.20. The van der Waals surface area contributed by atoms with Crippen LogP contribution in [0.1, 0.15) is 5.56 Å². The Hall–Kier alpha value is -1.92. The van der Waals surface area contributed by atoms with Crippen LogP contribution in [-0.2, 0) is 11.4 Å². The van der Waals surface area contributed by atoms with Crippen molar-refractivity contribution in [2.45, 2.75) is 6.61 Å². The second-order valence-corrected chi connectivity index (χ2v) is 5.08. The van der Waals surface area contributed by atoms with Crippen molar-refractivity contribution < 1.29 is 19.0 Å². The first-order valence-electron chi connectivity index (χ1n) is 6.16. The molecule has 2 rings (SSSR count). The molecule has 0 spiro atoms. The Kier molecular flexibility index (Phi) is 5.30. The maximum absolute atomic E-state index is 13.0. The van der Waals surface area contributed by atoms with E-state index in [0.29, 0.717) is 11.3 Å². The predicted molar refractivity (Wildman–Crippen MR) is 80.6 cm³/mol. The molecule has 2 aromatic carbocycles. The fourth-order valence-corrected chi connectivity index (χ4v) is 2.09. The minimum Gasteiger partial charge on any atom is -0.483 e. The van der Waals surface area contributed by atoms with Crippen LogP contribution in [0.4, 0.5) is 10.1 Å². The van der Waals surface area contributed by atoms with Gasteiger partial charge in [-0.25, -0.2) is 4.39 Å². The first-order chi connectivity index (χ1) is 10.1. The van der Waals surface area contributed by atoms with Gasteiger partial charge in [-0.1, -0.05) is 12.1 Å². The summed E-state index contributed by atoms with van der Waals surface area (Å²) in [6.45, 7) is -0.598. The molecule has 0 aromatic heterocycles. The van der Waals surface area contributed by atoms with Gasteiger partial charge in [0.1, 0.15) is 11.6 Å². The third-order valence-electron chi connectivity index (χ3n) is 2.70. The van der Waals surface area contributed by atoms with Crippen LogP contribution in [0.25, 0.3) is 0 Å². The zero-order chi connectivity index (χ0) is 15.2. The highest BCUT2D eigenvalue weighted by Gasteiger charge is 2.09. The Labute approximate surface area is 129 Å². The molecule has 0 bridgehead atoms. The molecule has 2 aromatic rings. The number of ether oxygens (including phenoxy) is 1. The predicted octanol–water partition coefficient (Wildman–Crippen LogP) is 3.10. The molecule has 21 heavy (non-hydrogen) atoms. The summed E-state index contributed by atoms with van der Waals surface area (Å²) < 4.78 is 19.1. The van der Waals surface area contributed by atoms with Gasteiger partial charge in [0.15, 0.2) is 6.61 Å². The summed E-state index contributed by atoms with van der Waals surface area (Å²) >= 11 is 3.32. The lowest BCUT2D eigenvalue weighted by atomic mass is 10.2. The lowest BCUT2D eigenvalue weighted by Gasteiger charge is -2.11. The Morgan fingerprint density at radius 1 is 1.29 bits per heavy atom. The molecular formula is C15H13BrFNO3. The number of rotatable bonds is 5. The number of nitrogens with one attached hydrogen (secondary N) is 1.